The van der Waals surface area contributed by atoms with E-state index in [0.717, 1.165) is 36.9 Å². The second-order valence-electron chi connectivity index (χ2n) is 6.73. The largest absolute Gasteiger partial charge is 0.492 e. The number of guanidine groups is 1. The molecule has 1 atom stereocenters. The Morgan fingerprint density at radius 3 is 2.80 bits per heavy atom. The summed E-state index contributed by atoms with van der Waals surface area (Å²) in [5, 5.41) is 17.2. The molecule has 2 aromatic heterocycles. The van der Waals surface area contributed by atoms with Gasteiger partial charge in [0.2, 0.25) is 0 Å². The van der Waals surface area contributed by atoms with Crippen LogP contribution < -0.4 is 15.4 Å². The molecule has 0 amide bonds. The summed E-state index contributed by atoms with van der Waals surface area (Å²) in [5.41, 5.74) is 0. The molecule has 0 spiro atoms. The van der Waals surface area contributed by atoms with Gasteiger partial charge in [-0.15, -0.1) is 21.5 Å². The molecule has 1 aromatic carbocycles. The van der Waals surface area contributed by atoms with E-state index in [2.05, 4.69) is 56.8 Å². The number of rotatable bonds is 11. The molecule has 3 rings (SSSR count). The molecule has 7 nitrogen and oxygen atoms in total. The van der Waals surface area contributed by atoms with Crippen molar-refractivity contribution in [3.05, 3.63) is 64.9 Å². The Balaban J connectivity index is 1.58. The molecule has 0 radical (unpaired) electrons. The standard InChI is InChI=1S/C22H30N6OS/c1-3-19(20-11-8-16-30-20)26-22(23-12-14-28-17-25-27-21(28)4-2)24-13-15-29-18-9-6-5-7-10-18/h5-11,16-17,19H,3-4,12-15H2,1-2H3,(H2,23,24,26). The number of hydrogen-bond donors (Lipinski definition) is 2. The van der Waals surface area contributed by atoms with Gasteiger partial charge >= 0.3 is 0 Å². The van der Waals surface area contributed by atoms with Crippen molar-refractivity contribution in [2.45, 2.75) is 39.3 Å². The number of aromatic nitrogens is 3. The van der Waals surface area contributed by atoms with Gasteiger partial charge in [0, 0.05) is 17.8 Å². The highest BCUT2D eigenvalue weighted by Crippen LogP contribution is 2.21. The third-order valence-corrected chi connectivity index (χ3v) is 5.62. The van der Waals surface area contributed by atoms with Crippen molar-refractivity contribution in [1.29, 1.82) is 0 Å². The van der Waals surface area contributed by atoms with Gasteiger partial charge in [-0.05, 0) is 30.0 Å². The van der Waals surface area contributed by atoms with Crippen LogP contribution >= 0.6 is 11.3 Å². The summed E-state index contributed by atoms with van der Waals surface area (Å²) >= 11 is 1.76. The molecule has 8 heteroatoms. The lowest BCUT2D eigenvalue weighted by molar-refractivity contribution is 0.321. The van der Waals surface area contributed by atoms with Crippen LogP contribution in [0.5, 0.6) is 5.75 Å². The molecule has 3 aromatic rings. The zero-order valence-corrected chi connectivity index (χ0v) is 18.4. The van der Waals surface area contributed by atoms with Crippen molar-refractivity contribution in [2.75, 3.05) is 19.7 Å². The molecule has 0 bridgehead atoms. The topological polar surface area (TPSA) is 76.4 Å². The SMILES string of the molecule is CCc1nncn1CCN=C(NCCOc1ccccc1)NC(CC)c1cccs1. The first-order valence-electron chi connectivity index (χ1n) is 10.4. The number of aliphatic imine (C=N–C) groups is 1. The van der Waals surface area contributed by atoms with E-state index in [9.17, 15) is 0 Å². The van der Waals surface area contributed by atoms with Gasteiger partial charge in [0.15, 0.2) is 5.96 Å². The van der Waals surface area contributed by atoms with E-state index in [-0.39, 0.29) is 6.04 Å². The number of thiophene rings is 1. The van der Waals surface area contributed by atoms with Crippen molar-refractivity contribution in [3.8, 4) is 5.75 Å². The van der Waals surface area contributed by atoms with Gasteiger partial charge in [-0.25, -0.2) is 0 Å². The Hall–Kier alpha value is -2.87. The van der Waals surface area contributed by atoms with Crippen LogP contribution in [0.2, 0.25) is 0 Å². The summed E-state index contributed by atoms with van der Waals surface area (Å²) in [6.07, 6.45) is 3.61. The zero-order valence-electron chi connectivity index (χ0n) is 17.6. The Labute approximate surface area is 182 Å². The molecule has 0 saturated carbocycles. The number of hydrogen-bond acceptors (Lipinski definition) is 5. The fourth-order valence-corrected chi connectivity index (χ4v) is 3.91. The average Bonchev–Trinajstić information content (AvgIpc) is 3.47. The fraction of sp³-hybridized carbons (Fsp3) is 0.409. The normalized spacial score (nSPS) is 12.5. The van der Waals surface area contributed by atoms with Crippen LogP contribution in [0, 0.1) is 0 Å². The second kappa shape index (κ2) is 12.0. The molecule has 0 aliphatic heterocycles. The van der Waals surface area contributed by atoms with Gasteiger partial charge in [-0.3, -0.25) is 4.99 Å². The Morgan fingerprint density at radius 1 is 1.20 bits per heavy atom. The van der Waals surface area contributed by atoms with Crippen molar-refractivity contribution in [1.82, 2.24) is 25.4 Å². The fourth-order valence-electron chi connectivity index (χ4n) is 3.05. The summed E-state index contributed by atoms with van der Waals surface area (Å²) < 4.78 is 7.84. The van der Waals surface area contributed by atoms with Crippen LogP contribution in [0.3, 0.4) is 0 Å². The maximum absolute atomic E-state index is 5.79. The maximum atomic E-state index is 5.79. The minimum absolute atomic E-state index is 0.229. The number of nitrogens with one attached hydrogen (secondary N) is 2. The maximum Gasteiger partial charge on any atom is 0.191 e. The number of para-hydroxylation sites is 1. The quantitative estimate of drug-likeness (QED) is 0.278. The molecule has 0 aliphatic carbocycles. The summed E-state index contributed by atoms with van der Waals surface area (Å²) in [7, 11) is 0. The highest BCUT2D eigenvalue weighted by Gasteiger charge is 2.12. The van der Waals surface area contributed by atoms with E-state index in [1.165, 1.54) is 4.88 Å². The number of aryl methyl sites for hydroxylation is 1. The minimum Gasteiger partial charge on any atom is -0.492 e. The van der Waals surface area contributed by atoms with Crippen molar-refractivity contribution < 1.29 is 4.74 Å². The molecule has 1 unspecified atom stereocenters. The highest BCUT2D eigenvalue weighted by atomic mass is 32.1. The van der Waals surface area contributed by atoms with E-state index >= 15 is 0 Å². The number of nitrogens with zero attached hydrogens (tertiary/aromatic N) is 4. The third-order valence-electron chi connectivity index (χ3n) is 4.64. The molecular formula is C22H30N6OS. The molecule has 0 aliphatic rings. The zero-order chi connectivity index (χ0) is 21.0. The van der Waals surface area contributed by atoms with E-state index in [1.807, 2.05) is 30.3 Å². The van der Waals surface area contributed by atoms with E-state index in [0.29, 0.717) is 19.7 Å². The van der Waals surface area contributed by atoms with Crippen LogP contribution in [0.1, 0.15) is 37.0 Å². The van der Waals surface area contributed by atoms with Gasteiger partial charge in [0.05, 0.1) is 19.1 Å². The first-order chi connectivity index (χ1) is 14.8. The Kier molecular flexibility index (Phi) is 8.71. The molecule has 0 saturated heterocycles. The second-order valence-corrected chi connectivity index (χ2v) is 7.71. The molecule has 160 valence electrons. The number of ether oxygens (including phenoxy) is 1. The van der Waals surface area contributed by atoms with E-state index in [1.54, 1.807) is 17.7 Å². The first kappa shape index (κ1) is 21.8. The van der Waals surface area contributed by atoms with Crippen LogP contribution in [0.4, 0.5) is 0 Å². The van der Waals surface area contributed by atoms with Gasteiger partial charge in [-0.1, -0.05) is 38.1 Å². The molecular weight excluding hydrogens is 396 g/mol. The Bertz CT molecular complexity index is 878. The summed E-state index contributed by atoms with van der Waals surface area (Å²) in [6, 6.07) is 14.3. The van der Waals surface area contributed by atoms with Gasteiger partial charge in [-0.2, -0.15) is 0 Å². The van der Waals surface area contributed by atoms with Crippen molar-refractivity contribution in [2.24, 2.45) is 4.99 Å². The van der Waals surface area contributed by atoms with E-state index in [4.69, 9.17) is 9.73 Å². The predicted molar refractivity (Wildman–Crippen MR) is 122 cm³/mol. The lowest BCUT2D eigenvalue weighted by atomic mass is 10.2. The summed E-state index contributed by atoms with van der Waals surface area (Å²) in [4.78, 5) is 6.09. The van der Waals surface area contributed by atoms with Crippen LogP contribution in [0.25, 0.3) is 0 Å². The van der Waals surface area contributed by atoms with Crippen LogP contribution in [0.15, 0.2) is 59.2 Å². The third kappa shape index (κ3) is 6.59. The summed E-state index contributed by atoms with van der Waals surface area (Å²) in [5.74, 6) is 2.64. The lowest BCUT2D eigenvalue weighted by Gasteiger charge is -2.20. The highest BCUT2D eigenvalue weighted by molar-refractivity contribution is 7.10. The van der Waals surface area contributed by atoms with Crippen molar-refractivity contribution in [3.63, 3.8) is 0 Å². The van der Waals surface area contributed by atoms with E-state index < -0.39 is 0 Å². The molecule has 2 heterocycles. The molecule has 2 N–H and O–H groups in total. The van der Waals surface area contributed by atoms with Crippen molar-refractivity contribution >= 4 is 17.3 Å². The van der Waals surface area contributed by atoms with Gasteiger partial charge < -0.3 is 19.9 Å². The smallest absolute Gasteiger partial charge is 0.191 e. The Morgan fingerprint density at radius 2 is 2.07 bits per heavy atom. The monoisotopic (exact) mass is 426 g/mol. The molecule has 0 fully saturated rings. The minimum atomic E-state index is 0.229. The number of benzene rings is 1. The average molecular weight is 427 g/mol. The summed E-state index contributed by atoms with van der Waals surface area (Å²) in [6.45, 7) is 6.87. The van der Waals surface area contributed by atoms with Gasteiger partial charge in [0.1, 0.15) is 24.5 Å². The van der Waals surface area contributed by atoms with Gasteiger partial charge in [0.25, 0.3) is 0 Å². The van der Waals surface area contributed by atoms with Crippen LogP contribution in [-0.2, 0) is 13.0 Å². The predicted octanol–water partition coefficient (Wildman–Crippen LogP) is 3.67. The van der Waals surface area contributed by atoms with Crippen LogP contribution in [-0.4, -0.2) is 40.4 Å². The lowest BCUT2D eigenvalue weighted by Crippen LogP contribution is -2.41. The first-order valence-corrected chi connectivity index (χ1v) is 11.3. The molecule has 30 heavy (non-hydrogen) atoms.